The molecule has 0 aliphatic heterocycles. The second-order valence-electron chi connectivity index (χ2n) is 32.1. The van der Waals surface area contributed by atoms with Crippen LogP contribution in [0.2, 0.25) is 0 Å². The van der Waals surface area contributed by atoms with Gasteiger partial charge in [0.1, 0.15) is 19.3 Å². The van der Waals surface area contributed by atoms with Crippen LogP contribution < -0.4 is 0 Å². The summed E-state index contributed by atoms with van der Waals surface area (Å²) in [4.78, 5) is 73.1. The number of carbonyl (C=O) groups excluding carboxylic acids is 4. The van der Waals surface area contributed by atoms with E-state index in [-0.39, 0.29) is 25.7 Å². The van der Waals surface area contributed by atoms with Gasteiger partial charge in [-0.2, -0.15) is 0 Å². The zero-order chi connectivity index (χ0) is 76.0. The van der Waals surface area contributed by atoms with Crippen LogP contribution >= 0.6 is 15.6 Å². The first kappa shape index (κ1) is 101. The lowest BCUT2D eigenvalue weighted by atomic mass is 10.0. The zero-order valence-corrected chi connectivity index (χ0v) is 69.7. The SMILES string of the molecule is CC(C)CCCCCCCCCCCCCCCCCCCCC(=O)OC[C@H](COP(=O)(O)OCC(O)COP(=O)(O)OC[C@@H](COC(=O)CCCCCCCCCC(C)C)OC(=O)CCCCCCCCCCCCCCC(C)C)OC(=O)CCCCCCCCCCCCCCCCC(C)C. The molecular formula is C84H164O17P2. The Morgan fingerprint density at radius 1 is 0.243 bits per heavy atom. The van der Waals surface area contributed by atoms with Gasteiger partial charge in [-0.3, -0.25) is 37.3 Å². The molecule has 0 bridgehead atoms. The Balaban J connectivity index is 5.22. The number of ether oxygens (including phenoxy) is 4. The molecule has 0 heterocycles. The quantitative estimate of drug-likeness (QED) is 0.0222. The fourth-order valence-electron chi connectivity index (χ4n) is 13.0. The molecular weight excluding hydrogens is 1340 g/mol. The summed E-state index contributed by atoms with van der Waals surface area (Å²) in [5.74, 6) is 0.989. The van der Waals surface area contributed by atoms with E-state index in [9.17, 15) is 43.2 Å². The van der Waals surface area contributed by atoms with E-state index >= 15 is 0 Å². The molecule has 19 heteroatoms. The van der Waals surface area contributed by atoms with E-state index in [0.717, 1.165) is 114 Å². The predicted octanol–water partition coefficient (Wildman–Crippen LogP) is 25.2. The highest BCUT2D eigenvalue weighted by molar-refractivity contribution is 7.47. The lowest BCUT2D eigenvalue weighted by molar-refractivity contribution is -0.161. The largest absolute Gasteiger partial charge is 0.472 e. The summed E-state index contributed by atoms with van der Waals surface area (Å²) in [6.45, 7) is 14.3. The lowest BCUT2D eigenvalue weighted by Crippen LogP contribution is -2.30. The molecule has 0 aromatic heterocycles. The van der Waals surface area contributed by atoms with Crippen molar-refractivity contribution in [2.45, 2.75) is 453 Å². The Bertz CT molecular complexity index is 2010. The van der Waals surface area contributed by atoms with Gasteiger partial charge in [-0.25, -0.2) is 9.13 Å². The molecule has 0 saturated carbocycles. The Morgan fingerprint density at radius 3 is 0.602 bits per heavy atom. The van der Waals surface area contributed by atoms with Crippen molar-refractivity contribution < 1.29 is 80.2 Å². The van der Waals surface area contributed by atoms with Crippen molar-refractivity contribution in [2.75, 3.05) is 39.6 Å². The van der Waals surface area contributed by atoms with Crippen LogP contribution in [0.25, 0.3) is 0 Å². The molecule has 0 aromatic rings. The van der Waals surface area contributed by atoms with Crippen LogP contribution in [0.5, 0.6) is 0 Å². The summed E-state index contributed by atoms with van der Waals surface area (Å²) in [6, 6.07) is 0. The fraction of sp³-hybridized carbons (Fsp3) is 0.952. The Kier molecular flexibility index (Phi) is 71.5. The maximum absolute atomic E-state index is 13.1. The molecule has 3 unspecified atom stereocenters. The third-order valence-electron chi connectivity index (χ3n) is 19.6. The van der Waals surface area contributed by atoms with E-state index in [1.165, 1.54) is 231 Å². The van der Waals surface area contributed by atoms with Crippen molar-refractivity contribution in [3.05, 3.63) is 0 Å². The minimum atomic E-state index is -4.97. The van der Waals surface area contributed by atoms with E-state index in [4.69, 9.17) is 37.0 Å². The van der Waals surface area contributed by atoms with Crippen LogP contribution in [0.15, 0.2) is 0 Å². The first-order valence-electron chi connectivity index (χ1n) is 43.2. The normalized spacial score (nSPS) is 14.0. The topological polar surface area (TPSA) is 237 Å². The lowest BCUT2D eigenvalue weighted by Gasteiger charge is -2.21. The minimum absolute atomic E-state index is 0.106. The minimum Gasteiger partial charge on any atom is -0.462 e. The molecule has 0 aliphatic carbocycles. The third kappa shape index (κ3) is 78.0. The van der Waals surface area contributed by atoms with Crippen LogP contribution in [-0.2, 0) is 65.4 Å². The van der Waals surface area contributed by atoms with Gasteiger partial charge >= 0.3 is 39.5 Å². The van der Waals surface area contributed by atoms with Crippen molar-refractivity contribution in [1.82, 2.24) is 0 Å². The summed E-state index contributed by atoms with van der Waals surface area (Å²) < 4.78 is 68.8. The smallest absolute Gasteiger partial charge is 0.462 e. The first-order chi connectivity index (χ1) is 49.6. The maximum Gasteiger partial charge on any atom is 0.472 e. The Morgan fingerprint density at radius 2 is 0.408 bits per heavy atom. The second kappa shape index (κ2) is 72.9. The van der Waals surface area contributed by atoms with Crippen molar-refractivity contribution in [3.8, 4) is 0 Å². The number of hydrogen-bond acceptors (Lipinski definition) is 15. The van der Waals surface area contributed by atoms with E-state index in [2.05, 4.69) is 55.4 Å². The van der Waals surface area contributed by atoms with Crippen molar-refractivity contribution in [2.24, 2.45) is 23.7 Å². The van der Waals surface area contributed by atoms with Crippen molar-refractivity contribution >= 4 is 39.5 Å². The van der Waals surface area contributed by atoms with Gasteiger partial charge in [-0.15, -0.1) is 0 Å². The summed E-state index contributed by atoms with van der Waals surface area (Å²) in [6.07, 6.45) is 61.2. The van der Waals surface area contributed by atoms with Gasteiger partial charge in [0.15, 0.2) is 12.2 Å². The average Bonchev–Trinajstić information content (AvgIpc) is 0.907. The van der Waals surface area contributed by atoms with Crippen LogP contribution in [0.3, 0.4) is 0 Å². The van der Waals surface area contributed by atoms with Crippen LogP contribution in [0.1, 0.15) is 434 Å². The van der Waals surface area contributed by atoms with E-state index in [1.807, 2.05) is 0 Å². The summed E-state index contributed by atoms with van der Waals surface area (Å²) in [7, 11) is -9.93. The standard InChI is InChI=1S/C84H164O17P2/c1-74(2)60-52-44-36-29-23-17-13-11-9-10-12-14-19-26-32-40-48-56-64-81(86)94-70-79(100-83(88)66-58-50-41-33-27-20-16-15-18-24-30-37-45-53-61-75(3)4)72-98-102(90,91)96-68-78(85)69-97-103(92,93)99-73-80(71-95-82(87)65-57-49-43-35-39-47-55-63-77(7)8)101-84(89)67-59-51-42-34-28-22-21-25-31-38-46-54-62-76(5)6/h74-80,85H,9-73H2,1-8H3,(H,90,91)(H,92,93)/t78?,79-,80-/m1/s1. The number of aliphatic hydroxyl groups excluding tert-OH is 1. The molecule has 0 fully saturated rings. The van der Waals surface area contributed by atoms with Gasteiger partial charge in [-0.1, -0.05) is 383 Å². The van der Waals surface area contributed by atoms with Gasteiger partial charge in [0.2, 0.25) is 0 Å². The number of unbranched alkanes of at least 4 members (excludes halogenated alkanes) is 47. The number of rotatable bonds is 81. The first-order valence-corrected chi connectivity index (χ1v) is 46.2. The molecule has 3 N–H and O–H groups in total. The molecule has 0 amide bonds. The van der Waals surface area contributed by atoms with Crippen molar-refractivity contribution in [3.63, 3.8) is 0 Å². The number of phosphoric acid groups is 2. The molecule has 5 atom stereocenters. The molecule has 612 valence electrons. The highest BCUT2D eigenvalue weighted by atomic mass is 31.2. The molecule has 0 spiro atoms. The van der Waals surface area contributed by atoms with Gasteiger partial charge < -0.3 is 33.8 Å². The number of esters is 4. The molecule has 0 saturated heterocycles. The van der Waals surface area contributed by atoms with Crippen molar-refractivity contribution in [1.29, 1.82) is 0 Å². The average molecular weight is 1510 g/mol. The van der Waals surface area contributed by atoms with Crippen LogP contribution in [0, 0.1) is 23.7 Å². The summed E-state index contributed by atoms with van der Waals surface area (Å²) in [5, 5.41) is 10.7. The molecule has 0 aromatic carbocycles. The van der Waals surface area contributed by atoms with Gasteiger partial charge in [0, 0.05) is 25.7 Å². The summed E-state index contributed by atoms with van der Waals surface area (Å²) in [5.41, 5.74) is 0. The van der Waals surface area contributed by atoms with Crippen LogP contribution in [-0.4, -0.2) is 96.7 Å². The molecule has 0 radical (unpaired) electrons. The molecule has 0 aliphatic rings. The third-order valence-corrected chi connectivity index (χ3v) is 21.5. The number of carbonyl (C=O) groups is 4. The number of aliphatic hydroxyl groups is 1. The van der Waals surface area contributed by atoms with Gasteiger partial charge in [0.05, 0.1) is 26.4 Å². The Labute approximate surface area is 632 Å². The fourth-order valence-corrected chi connectivity index (χ4v) is 14.5. The maximum atomic E-state index is 13.1. The molecule has 103 heavy (non-hydrogen) atoms. The Hall–Kier alpha value is -1.94. The predicted molar refractivity (Wildman–Crippen MR) is 423 cm³/mol. The molecule has 17 nitrogen and oxygen atoms in total. The van der Waals surface area contributed by atoms with Gasteiger partial charge in [-0.05, 0) is 49.4 Å². The van der Waals surface area contributed by atoms with Crippen LogP contribution in [0.4, 0.5) is 0 Å². The number of phosphoric ester groups is 2. The van der Waals surface area contributed by atoms with E-state index in [1.54, 1.807) is 0 Å². The highest BCUT2D eigenvalue weighted by Crippen LogP contribution is 2.45. The second-order valence-corrected chi connectivity index (χ2v) is 35.0. The van der Waals surface area contributed by atoms with Gasteiger partial charge in [0.25, 0.3) is 0 Å². The summed E-state index contributed by atoms with van der Waals surface area (Å²) >= 11 is 0. The van der Waals surface area contributed by atoms with E-state index < -0.39 is 97.5 Å². The zero-order valence-electron chi connectivity index (χ0n) is 68.0. The highest BCUT2D eigenvalue weighted by Gasteiger charge is 2.30. The van der Waals surface area contributed by atoms with E-state index in [0.29, 0.717) is 31.6 Å². The molecule has 0 rings (SSSR count). The monoisotopic (exact) mass is 1510 g/mol. The number of hydrogen-bond donors (Lipinski definition) is 3.